The Bertz CT molecular complexity index is 578. The quantitative estimate of drug-likeness (QED) is 0.860. The van der Waals surface area contributed by atoms with Crippen molar-refractivity contribution in [2.24, 2.45) is 5.73 Å². The predicted molar refractivity (Wildman–Crippen MR) is 84.4 cm³/mol. The van der Waals surface area contributed by atoms with Crippen molar-refractivity contribution in [2.75, 3.05) is 7.05 Å². The van der Waals surface area contributed by atoms with Crippen molar-refractivity contribution in [3.8, 4) is 0 Å². The van der Waals surface area contributed by atoms with Crippen LogP contribution in [0.1, 0.15) is 21.7 Å². The first-order chi connectivity index (χ1) is 9.08. The molecule has 0 bridgehead atoms. The lowest BCUT2D eigenvalue weighted by atomic mass is 10.1. The summed E-state index contributed by atoms with van der Waals surface area (Å²) < 4.78 is 0. The molecule has 2 N–H and O–H groups in total. The first-order valence-corrected chi connectivity index (χ1v) is 7.32. The number of aromatic nitrogens is 1. The third-order valence-electron chi connectivity index (χ3n) is 2.98. The maximum atomic E-state index is 5.76. The van der Waals surface area contributed by atoms with Crippen LogP contribution < -0.4 is 5.73 Å². The van der Waals surface area contributed by atoms with Gasteiger partial charge in [-0.1, -0.05) is 36.5 Å². The molecule has 0 aliphatic carbocycles. The molecule has 0 fully saturated rings. The van der Waals surface area contributed by atoms with Gasteiger partial charge in [-0.05, 0) is 19.5 Å². The Kier molecular flexibility index (Phi) is 4.63. The van der Waals surface area contributed by atoms with Gasteiger partial charge < -0.3 is 5.73 Å². The van der Waals surface area contributed by atoms with Gasteiger partial charge in [0.05, 0.1) is 11.2 Å². The van der Waals surface area contributed by atoms with Crippen LogP contribution in [0.15, 0.2) is 29.8 Å². The van der Waals surface area contributed by atoms with Crippen LogP contribution in [0, 0.1) is 6.92 Å². The maximum absolute atomic E-state index is 5.76. The Hall–Kier alpha value is -1.30. The molecule has 0 aliphatic rings. The number of thiazole rings is 1. The summed E-state index contributed by atoms with van der Waals surface area (Å²) in [6.07, 6.45) is 0. The molecule has 1 heterocycles. The second-order valence-corrected chi connectivity index (χ2v) is 5.93. The highest BCUT2D eigenvalue weighted by molar-refractivity contribution is 7.80. The number of benzene rings is 1. The molecule has 2 rings (SSSR count). The minimum Gasteiger partial charge on any atom is -0.389 e. The molecule has 100 valence electrons. The zero-order valence-corrected chi connectivity index (χ0v) is 12.7. The van der Waals surface area contributed by atoms with E-state index in [4.69, 9.17) is 18.0 Å². The van der Waals surface area contributed by atoms with Crippen LogP contribution in [0.3, 0.4) is 0 Å². The summed E-state index contributed by atoms with van der Waals surface area (Å²) in [4.78, 5) is 8.28. The third-order valence-corrected chi connectivity index (χ3v) is 4.12. The van der Waals surface area contributed by atoms with E-state index < -0.39 is 0 Å². The van der Waals surface area contributed by atoms with Crippen LogP contribution in [-0.2, 0) is 13.1 Å². The summed E-state index contributed by atoms with van der Waals surface area (Å²) in [5.41, 5.74) is 10.9. The van der Waals surface area contributed by atoms with Crippen molar-refractivity contribution in [3.05, 3.63) is 51.5 Å². The Morgan fingerprint density at radius 2 is 2.11 bits per heavy atom. The van der Waals surface area contributed by atoms with Gasteiger partial charge in [-0.2, -0.15) is 0 Å². The number of nitrogens with two attached hydrogens (primary N) is 1. The van der Waals surface area contributed by atoms with Crippen molar-refractivity contribution in [1.82, 2.24) is 9.88 Å². The molecule has 0 aliphatic heterocycles. The Balaban J connectivity index is 2.09. The van der Waals surface area contributed by atoms with E-state index in [1.54, 1.807) is 11.3 Å². The summed E-state index contributed by atoms with van der Waals surface area (Å²) in [6, 6.07) is 8.03. The zero-order chi connectivity index (χ0) is 13.8. The van der Waals surface area contributed by atoms with Crippen LogP contribution in [0.5, 0.6) is 0 Å². The highest BCUT2D eigenvalue weighted by Gasteiger charge is 2.09. The summed E-state index contributed by atoms with van der Waals surface area (Å²) in [7, 11) is 2.09. The monoisotopic (exact) mass is 291 g/mol. The fraction of sp³-hybridized carbons (Fsp3) is 0.286. The Morgan fingerprint density at radius 3 is 2.74 bits per heavy atom. The highest BCUT2D eigenvalue weighted by atomic mass is 32.1. The van der Waals surface area contributed by atoms with Gasteiger partial charge in [0.25, 0.3) is 0 Å². The Labute approximate surface area is 123 Å². The molecule has 0 unspecified atom stereocenters. The number of hydrogen-bond acceptors (Lipinski definition) is 4. The van der Waals surface area contributed by atoms with E-state index in [0.29, 0.717) is 4.99 Å². The van der Waals surface area contributed by atoms with Crippen molar-refractivity contribution < 1.29 is 0 Å². The number of thiocarbonyl (C=S) groups is 1. The standard InChI is InChI=1S/C14H17N3S2/c1-10-13(19-9-16-10)8-17(2)7-11-5-3-4-6-12(11)14(15)18/h3-6,9H,7-8H2,1-2H3,(H2,15,18). The molecule has 3 nitrogen and oxygen atoms in total. The molecular weight excluding hydrogens is 274 g/mol. The fourth-order valence-corrected chi connectivity index (χ4v) is 3.02. The predicted octanol–water partition coefficient (Wildman–Crippen LogP) is 2.72. The van der Waals surface area contributed by atoms with E-state index in [1.807, 2.05) is 30.6 Å². The average Bonchev–Trinajstić information content (AvgIpc) is 2.75. The second-order valence-electron chi connectivity index (χ2n) is 4.55. The lowest BCUT2D eigenvalue weighted by molar-refractivity contribution is 0.321. The second kappa shape index (κ2) is 6.23. The molecule has 0 saturated carbocycles. The van der Waals surface area contributed by atoms with Crippen LogP contribution in [0.25, 0.3) is 0 Å². The molecule has 1 aromatic heterocycles. The van der Waals surface area contributed by atoms with E-state index in [9.17, 15) is 0 Å². The van der Waals surface area contributed by atoms with E-state index in [-0.39, 0.29) is 0 Å². The molecule has 5 heteroatoms. The van der Waals surface area contributed by atoms with Crippen molar-refractivity contribution in [3.63, 3.8) is 0 Å². The van der Waals surface area contributed by atoms with Crippen LogP contribution in [0.4, 0.5) is 0 Å². The van der Waals surface area contributed by atoms with E-state index in [2.05, 4.69) is 23.0 Å². The van der Waals surface area contributed by atoms with Crippen LogP contribution in [-0.4, -0.2) is 21.9 Å². The SMILES string of the molecule is Cc1ncsc1CN(C)Cc1ccccc1C(N)=S. The summed E-state index contributed by atoms with van der Waals surface area (Å²) >= 11 is 6.79. The first kappa shape index (κ1) is 14.1. The van der Waals surface area contributed by atoms with Gasteiger partial charge in [-0.3, -0.25) is 4.90 Å². The Morgan fingerprint density at radius 1 is 1.37 bits per heavy atom. The average molecular weight is 291 g/mol. The van der Waals surface area contributed by atoms with Gasteiger partial charge in [-0.25, -0.2) is 4.98 Å². The number of rotatable bonds is 5. The molecule has 0 spiro atoms. The third kappa shape index (κ3) is 3.59. The zero-order valence-electron chi connectivity index (χ0n) is 11.1. The molecule has 19 heavy (non-hydrogen) atoms. The molecular formula is C14H17N3S2. The van der Waals surface area contributed by atoms with E-state index in [1.165, 1.54) is 10.4 Å². The molecule has 0 radical (unpaired) electrons. The fourth-order valence-electron chi connectivity index (χ4n) is 1.97. The molecule has 0 atom stereocenters. The minimum absolute atomic E-state index is 0.456. The summed E-state index contributed by atoms with van der Waals surface area (Å²) in [5, 5.41) is 0. The summed E-state index contributed by atoms with van der Waals surface area (Å²) in [5.74, 6) is 0. The van der Waals surface area contributed by atoms with Crippen LogP contribution in [0.2, 0.25) is 0 Å². The van der Waals surface area contributed by atoms with Gasteiger partial charge in [0.1, 0.15) is 4.99 Å². The molecule has 0 amide bonds. The first-order valence-electron chi connectivity index (χ1n) is 6.03. The lowest BCUT2D eigenvalue weighted by Gasteiger charge is -2.18. The van der Waals surface area contributed by atoms with Gasteiger partial charge in [0.2, 0.25) is 0 Å². The topological polar surface area (TPSA) is 42.2 Å². The van der Waals surface area contributed by atoms with Gasteiger partial charge in [-0.15, -0.1) is 11.3 Å². The number of hydrogen-bond donors (Lipinski definition) is 1. The molecule has 2 aromatic rings. The van der Waals surface area contributed by atoms with Gasteiger partial charge >= 0.3 is 0 Å². The van der Waals surface area contributed by atoms with Gasteiger partial charge in [0.15, 0.2) is 0 Å². The van der Waals surface area contributed by atoms with Crippen molar-refractivity contribution >= 4 is 28.5 Å². The maximum Gasteiger partial charge on any atom is 0.104 e. The van der Waals surface area contributed by atoms with Crippen molar-refractivity contribution in [1.29, 1.82) is 0 Å². The highest BCUT2D eigenvalue weighted by Crippen LogP contribution is 2.17. The largest absolute Gasteiger partial charge is 0.389 e. The lowest BCUT2D eigenvalue weighted by Crippen LogP contribution is -2.20. The summed E-state index contributed by atoms with van der Waals surface area (Å²) in [6.45, 7) is 3.76. The molecule has 1 aromatic carbocycles. The van der Waals surface area contributed by atoms with Gasteiger partial charge in [0, 0.05) is 23.5 Å². The van der Waals surface area contributed by atoms with E-state index >= 15 is 0 Å². The molecule has 0 saturated heterocycles. The van der Waals surface area contributed by atoms with Crippen molar-refractivity contribution in [2.45, 2.75) is 20.0 Å². The number of nitrogens with zero attached hydrogens (tertiary/aromatic N) is 2. The van der Waals surface area contributed by atoms with E-state index in [0.717, 1.165) is 24.3 Å². The van der Waals surface area contributed by atoms with Crippen LogP contribution >= 0.6 is 23.6 Å². The normalized spacial score (nSPS) is 10.9. The number of aryl methyl sites for hydroxylation is 1. The minimum atomic E-state index is 0.456. The smallest absolute Gasteiger partial charge is 0.104 e.